The van der Waals surface area contributed by atoms with Gasteiger partial charge in [-0.1, -0.05) is 29.8 Å². The zero-order chi connectivity index (χ0) is 17.6. The highest BCUT2D eigenvalue weighted by Crippen LogP contribution is 2.27. The predicted molar refractivity (Wildman–Crippen MR) is 100 cm³/mol. The molecule has 130 valence electrons. The zero-order valence-corrected chi connectivity index (χ0v) is 14.6. The number of carbonyl (C=O) groups excluding carboxylic acids is 2. The largest absolute Gasteiger partial charge is 0.338 e. The Labute approximate surface area is 152 Å². The molecule has 3 amide bonds. The Kier molecular flexibility index (Phi) is 5.56. The molecule has 5 nitrogen and oxygen atoms in total. The van der Waals surface area contributed by atoms with Crippen LogP contribution in [0.1, 0.15) is 18.4 Å². The van der Waals surface area contributed by atoms with Crippen molar-refractivity contribution in [3.8, 4) is 0 Å². The van der Waals surface area contributed by atoms with Gasteiger partial charge < -0.3 is 10.6 Å². The van der Waals surface area contributed by atoms with Crippen LogP contribution in [-0.2, 0) is 11.2 Å². The van der Waals surface area contributed by atoms with Crippen LogP contribution in [0.3, 0.4) is 0 Å². The van der Waals surface area contributed by atoms with E-state index in [9.17, 15) is 9.59 Å². The molecule has 0 spiro atoms. The quantitative estimate of drug-likeness (QED) is 0.799. The SMILES string of the molecule is O=C(CCCNC(=O)N1CCc2ccccc21)Nc1ccc(Cl)cc1. The van der Waals surface area contributed by atoms with E-state index in [2.05, 4.69) is 10.6 Å². The van der Waals surface area contributed by atoms with E-state index in [4.69, 9.17) is 11.6 Å². The van der Waals surface area contributed by atoms with Gasteiger partial charge in [0.2, 0.25) is 5.91 Å². The van der Waals surface area contributed by atoms with E-state index >= 15 is 0 Å². The molecule has 2 aromatic rings. The summed E-state index contributed by atoms with van der Waals surface area (Å²) < 4.78 is 0. The molecule has 0 aromatic heterocycles. The number of anilines is 2. The molecule has 1 aliphatic heterocycles. The Balaban J connectivity index is 1.39. The molecule has 1 aliphatic rings. The lowest BCUT2D eigenvalue weighted by molar-refractivity contribution is -0.116. The molecule has 2 aromatic carbocycles. The average molecular weight is 358 g/mol. The highest BCUT2D eigenvalue weighted by atomic mass is 35.5. The van der Waals surface area contributed by atoms with Gasteiger partial charge in [-0.25, -0.2) is 4.79 Å². The van der Waals surface area contributed by atoms with Gasteiger partial charge in [-0.3, -0.25) is 9.69 Å². The minimum Gasteiger partial charge on any atom is -0.338 e. The lowest BCUT2D eigenvalue weighted by Crippen LogP contribution is -2.39. The fourth-order valence-corrected chi connectivity index (χ4v) is 2.97. The van der Waals surface area contributed by atoms with Gasteiger partial charge in [0.1, 0.15) is 0 Å². The van der Waals surface area contributed by atoms with Crippen LogP contribution in [0.25, 0.3) is 0 Å². The third-order valence-electron chi connectivity index (χ3n) is 4.12. The van der Waals surface area contributed by atoms with Crippen molar-refractivity contribution in [3.63, 3.8) is 0 Å². The summed E-state index contributed by atoms with van der Waals surface area (Å²) in [6.07, 6.45) is 1.81. The van der Waals surface area contributed by atoms with Crippen molar-refractivity contribution in [2.24, 2.45) is 0 Å². The lowest BCUT2D eigenvalue weighted by atomic mass is 10.2. The van der Waals surface area contributed by atoms with Gasteiger partial charge in [-0.2, -0.15) is 0 Å². The Morgan fingerprint density at radius 3 is 2.64 bits per heavy atom. The van der Waals surface area contributed by atoms with Crippen molar-refractivity contribution >= 4 is 34.9 Å². The van der Waals surface area contributed by atoms with Crippen molar-refractivity contribution < 1.29 is 9.59 Å². The summed E-state index contributed by atoms with van der Waals surface area (Å²) in [5.74, 6) is -0.0805. The van der Waals surface area contributed by atoms with E-state index in [0.717, 1.165) is 12.1 Å². The van der Waals surface area contributed by atoms with Gasteiger partial charge in [-0.05, 0) is 48.7 Å². The number of para-hydroxylation sites is 1. The first-order chi connectivity index (χ1) is 12.1. The Hall–Kier alpha value is -2.53. The number of halogens is 1. The van der Waals surface area contributed by atoms with Gasteiger partial charge in [0.15, 0.2) is 0 Å². The number of nitrogens with one attached hydrogen (secondary N) is 2. The lowest BCUT2D eigenvalue weighted by Gasteiger charge is -2.18. The fraction of sp³-hybridized carbons (Fsp3) is 0.263. The number of fused-ring (bicyclic) bond motifs is 1. The predicted octanol–water partition coefficient (Wildman–Crippen LogP) is 3.83. The maximum Gasteiger partial charge on any atom is 0.321 e. The number of hydrogen-bond acceptors (Lipinski definition) is 2. The Morgan fingerprint density at radius 2 is 1.84 bits per heavy atom. The van der Waals surface area contributed by atoms with Crippen LogP contribution in [-0.4, -0.2) is 25.0 Å². The van der Waals surface area contributed by atoms with E-state index in [1.54, 1.807) is 29.2 Å². The van der Waals surface area contributed by atoms with E-state index in [1.165, 1.54) is 5.56 Å². The standard InChI is InChI=1S/C19H20ClN3O2/c20-15-7-9-16(10-8-15)22-18(24)6-3-12-21-19(25)23-13-11-14-4-1-2-5-17(14)23/h1-2,4-5,7-10H,3,6,11-13H2,(H,21,25)(H,22,24). The van der Waals surface area contributed by atoms with Crippen molar-refractivity contribution in [3.05, 3.63) is 59.1 Å². The van der Waals surface area contributed by atoms with E-state index in [1.807, 2.05) is 24.3 Å². The first-order valence-electron chi connectivity index (χ1n) is 8.32. The topological polar surface area (TPSA) is 61.4 Å². The van der Waals surface area contributed by atoms with Crippen LogP contribution in [0.4, 0.5) is 16.2 Å². The molecule has 0 atom stereocenters. The molecular formula is C19H20ClN3O2. The summed E-state index contributed by atoms with van der Waals surface area (Å²) >= 11 is 5.81. The highest BCUT2D eigenvalue weighted by molar-refractivity contribution is 6.30. The van der Waals surface area contributed by atoms with Crippen molar-refractivity contribution in [2.75, 3.05) is 23.3 Å². The summed E-state index contributed by atoms with van der Waals surface area (Å²) in [6.45, 7) is 1.16. The minimum absolute atomic E-state index is 0.0805. The molecule has 0 fully saturated rings. The number of carbonyl (C=O) groups is 2. The van der Waals surface area contributed by atoms with E-state index in [-0.39, 0.29) is 11.9 Å². The van der Waals surface area contributed by atoms with Crippen molar-refractivity contribution in [2.45, 2.75) is 19.3 Å². The number of amides is 3. The molecule has 25 heavy (non-hydrogen) atoms. The van der Waals surface area contributed by atoms with Gasteiger partial charge in [0, 0.05) is 35.9 Å². The molecule has 6 heteroatoms. The molecular weight excluding hydrogens is 338 g/mol. The molecule has 1 heterocycles. The molecule has 2 N–H and O–H groups in total. The van der Waals surface area contributed by atoms with Crippen molar-refractivity contribution in [1.29, 1.82) is 0 Å². The molecule has 0 aliphatic carbocycles. The Morgan fingerprint density at radius 1 is 1.08 bits per heavy atom. The summed E-state index contributed by atoms with van der Waals surface area (Å²) in [6, 6.07) is 14.8. The van der Waals surface area contributed by atoms with Crippen LogP contribution in [0.5, 0.6) is 0 Å². The molecule has 0 saturated heterocycles. The number of nitrogens with zero attached hydrogens (tertiary/aromatic N) is 1. The van der Waals surface area contributed by atoms with E-state index in [0.29, 0.717) is 36.6 Å². The van der Waals surface area contributed by atoms with Gasteiger partial charge in [0.25, 0.3) is 0 Å². The summed E-state index contributed by atoms with van der Waals surface area (Å²) in [4.78, 5) is 25.9. The second kappa shape index (κ2) is 8.03. The molecule has 0 radical (unpaired) electrons. The third kappa shape index (κ3) is 4.51. The van der Waals surface area contributed by atoms with Crippen molar-refractivity contribution in [1.82, 2.24) is 5.32 Å². The van der Waals surface area contributed by atoms with Gasteiger partial charge in [0.05, 0.1) is 0 Å². The highest BCUT2D eigenvalue weighted by Gasteiger charge is 2.23. The first kappa shape index (κ1) is 17.3. The van der Waals surface area contributed by atoms with Gasteiger partial charge >= 0.3 is 6.03 Å². The summed E-state index contributed by atoms with van der Waals surface area (Å²) in [7, 11) is 0. The number of hydrogen-bond donors (Lipinski definition) is 2. The summed E-state index contributed by atoms with van der Waals surface area (Å²) in [5, 5.41) is 6.32. The average Bonchev–Trinajstić information content (AvgIpc) is 3.05. The zero-order valence-electron chi connectivity index (χ0n) is 13.8. The minimum atomic E-state index is -0.108. The molecule has 0 saturated carbocycles. The number of benzene rings is 2. The Bertz CT molecular complexity index is 762. The summed E-state index contributed by atoms with van der Waals surface area (Å²) in [5.41, 5.74) is 2.88. The van der Waals surface area contributed by atoms with E-state index < -0.39 is 0 Å². The fourth-order valence-electron chi connectivity index (χ4n) is 2.85. The van der Waals surface area contributed by atoms with Crippen LogP contribution in [0.15, 0.2) is 48.5 Å². The molecule has 0 unspecified atom stereocenters. The van der Waals surface area contributed by atoms with Crippen LogP contribution in [0, 0.1) is 0 Å². The monoisotopic (exact) mass is 357 g/mol. The second-order valence-electron chi connectivity index (χ2n) is 5.92. The maximum absolute atomic E-state index is 12.3. The maximum atomic E-state index is 12.3. The first-order valence-corrected chi connectivity index (χ1v) is 8.70. The normalized spacial score (nSPS) is 12.6. The van der Waals surface area contributed by atoms with Gasteiger partial charge in [-0.15, -0.1) is 0 Å². The van der Waals surface area contributed by atoms with Crippen LogP contribution < -0.4 is 15.5 Å². The molecule has 0 bridgehead atoms. The number of urea groups is 1. The molecule has 3 rings (SSSR count). The van der Waals surface area contributed by atoms with Crippen LogP contribution >= 0.6 is 11.6 Å². The number of rotatable bonds is 5. The second-order valence-corrected chi connectivity index (χ2v) is 6.36. The third-order valence-corrected chi connectivity index (χ3v) is 4.37. The van der Waals surface area contributed by atoms with Crippen LogP contribution in [0.2, 0.25) is 5.02 Å². The smallest absolute Gasteiger partial charge is 0.321 e.